The first-order valence-electron chi connectivity index (χ1n) is 5.65. The van der Waals surface area contributed by atoms with E-state index < -0.39 is 0 Å². The fraction of sp³-hybridized carbons (Fsp3) is 1.00. The molecule has 2 heterocycles. The van der Waals surface area contributed by atoms with E-state index in [9.17, 15) is 0 Å². The lowest BCUT2D eigenvalue weighted by atomic mass is 10.0. The Hall–Kier alpha value is 0.230. The molecule has 2 aliphatic rings. The topological polar surface area (TPSA) is 41.3 Å². The van der Waals surface area contributed by atoms with E-state index in [1.165, 1.54) is 50.3 Å². The summed E-state index contributed by atoms with van der Waals surface area (Å²) < 4.78 is 0. The standard InChI is InChI=1S/C10H21N3S/c11-8-10(4-7-14-9-10)12-13-5-2-1-3-6-13/h12H,1-9,11H2. The minimum absolute atomic E-state index is 0.210. The van der Waals surface area contributed by atoms with E-state index in [0.29, 0.717) is 0 Å². The van der Waals surface area contributed by atoms with E-state index in [4.69, 9.17) is 5.73 Å². The lowest BCUT2D eigenvalue weighted by Gasteiger charge is -2.37. The molecule has 0 aromatic rings. The molecule has 0 aliphatic carbocycles. The van der Waals surface area contributed by atoms with Gasteiger partial charge in [-0.25, -0.2) is 10.4 Å². The van der Waals surface area contributed by atoms with Crippen molar-refractivity contribution in [2.24, 2.45) is 5.73 Å². The summed E-state index contributed by atoms with van der Waals surface area (Å²) in [4.78, 5) is 0. The first-order valence-corrected chi connectivity index (χ1v) is 6.81. The molecule has 2 saturated heterocycles. The number of piperidine rings is 1. The normalized spacial score (nSPS) is 34.9. The maximum absolute atomic E-state index is 5.88. The Bertz CT molecular complexity index is 174. The maximum Gasteiger partial charge on any atom is 0.0546 e. The van der Waals surface area contributed by atoms with Gasteiger partial charge in [0.1, 0.15) is 0 Å². The molecule has 14 heavy (non-hydrogen) atoms. The highest BCUT2D eigenvalue weighted by molar-refractivity contribution is 7.99. The van der Waals surface area contributed by atoms with E-state index >= 15 is 0 Å². The zero-order valence-electron chi connectivity index (χ0n) is 8.80. The van der Waals surface area contributed by atoms with E-state index in [1.807, 2.05) is 11.8 Å². The first-order chi connectivity index (χ1) is 6.85. The molecule has 4 heteroatoms. The second-order valence-electron chi connectivity index (χ2n) is 4.45. The number of nitrogens with two attached hydrogens (primary N) is 1. The molecular formula is C10H21N3S. The molecule has 82 valence electrons. The van der Waals surface area contributed by atoms with Gasteiger partial charge in [0.25, 0.3) is 0 Å². The first kappa shape index (κ1) is 10.7. The van der Waals surface area contributed by atoms with Gasteiger partial charge in [0.15, 0.2) is 0 Å². The van der Waals surface area contributed by atoms with Crippen molar-refractivity contribution in [3.63, 3.8) is 0 Å². The van der Waals surface area contributed by atoms with Crippen LogP contribution in [0.2, 0.25) is 0 Å². The number of rotatable bonds is 3. The van der Waals surface area contributed by atoms with E-state index in [1.54, 1.807) is 0 Å². The Morgan fingerprint density at radius 3 is 2.64 bits per heavy atom. The quantitative estimate of drug-likeness (QED) is 0.731. The van der Waals surface area contributed by atoms with Crippen LogP contribution in [-0.4, -0.2) is 41.7 Å². The van der Waals surface area contributed by atoms with Gasteiger partial charge < -0.3 is 5.73 Å². The third kappa shape index (κ3) is 2.42. The molecule has 2 aliphatic heterocycles. The van der Waals surface area contributed by atoms with Crippen LogP contribution < -0.4 is 11.2 Å². The van der Waals surface area contributed by atoms with Crippen LogP contribution in [0.1, 0.15) is 25.7 Å². The molecule has 0 radical (unpaired) electrons. The van der Waals surface area contributed by atoms with Crippen molar-refractivity contribution in [2.75, 3.05) is 31.1 Å². The van der Waals surface area contributed by atoms with Crippen molar-refractivity contribution in [3.8, 4) is 0 Å². The molecule has 0 saturated carbocycles. The fourth-order valence-electron chi connectivity index (χ4n) is 2.24. The van der Waals surface area contributed by atoms with Crippen LogP contribution in [0.25, 0.3) is 0 Å². The predicted octanol–water partition coefficient (Wildman–Crippen LogP) is 0.811. The SMILES string of the molecule is NCC1(NN2CCCCC2)CCSC1. The van der Waals surface area contributed by atoms with Crippen molar-refractivity contribution in [2.45, 2.75) is 31.2 Å². The van der Waals surface area contributed by atoms with E-state index in [-0.39, 0.29) is 5.54 Å². The van der Waals surface area contributed by atoms with Gasteiger partial charge in [0, 0.05) is 25.4 Å². The van der Waals surface area contributed by atoms with Crippen molar-refractivity contribution in [3.05, 3.63) is 0 Å². The molecule has 0 spiro atoms. The minimum atomic E-state index is 0.210. The van der Waals surface area contributed by atoms with Gasteiger partial charge in [-0.05, 0) is 25.0 Å². The monoisotopic (exact) mass is 215 g/mol. The highest BCUT2D eigenvalue weighted by atomic mass is 32.2. The summed E-state index contributed by atoms with van der Waals surface area (Å²) in [6, 6.07) is 0. The van der Waals surface area contributed by atoms with E-state index in [0.717, 1.165) is 6.54 Å². The zero-order valence-corrected chi connectivity index (χ0v) is 9.61. The second-order valence-corrected chi connectivity index (χ2v) is 5.55. The smallest absolute Gasteiger partial charge is 0.0546 e. The molecule has 1 atom stereocenters. The molecule has 2 fully saturated rings. The van der Waals surface area contributed by atoms with Crippen LogP contribution in [0.4, 0.5) is 0 Å². The fourth-order valence-corrected chi connectivity index (χ4v) is 3.64. The Morgan fingerprint density at radius 1 is 1.29 bits per heavy atom. The summed E-state index contributed by atoms with van der Waals surface area (Å²) in [6.07, 6.45) is 5.29. The molecular weight excluding hydrogens is 194 g/mol. The Balaban J connectivity index is 1.86. The summed E-state index contributed by atoms with van der Waals surface area (Å²) >= 11 is 2.03. The summed E-state index contributed by atoms with van der Waals surface area (Å²) in [5.41, 5.74) is 9.76. The lowest BCUT2D eigenvalue weighted by molar-refractivity contribution is 0.0942. The van der Waals surface area contributed by atoms with Crippen LogP contribution in [0.5, 0.6) is 0 Å². The molecule has 2 rings (SSSR count). The van der Waals surface area contributed by atoms with Crippen molar-refractivity contribution < 1.29 is 0 Å². The van der Waals surface area contributed by atoms with Gasteiger partial charge in [-0.3, -0.25) is 0 Å². The van der Waals surface area contributed by atoms with Crippen LogP contribution in [0.15, 0.2) is 0 Å². The molecule has 0 aromatic carbocycles. The predicted molar refractivity (Wildman–Crippen MR) is 62.3 cm³/mol. The summed E-state index contributed by atoms with van der Waals surface area (Å²) in [5, 5.41) is 2.39. The van der Waals surface area contributed by atoms with Gasteiger partial charge in [0.05, 0.1) is 5.54 Å². The molecule has 0 aromatic heterocycles. The van der Waals surface area contributed by atoms with Crippen LogP contribution in [-0.2, 0) is 0 Å². The van der Waals surface area contributed by atoms with Crippen molar-refractivity contribution in [1.82, 2.24) is 10.4 Å². The van der Waals surface area contributed by atoms with Crippen LogP contribution >= 0.6 is 11.8 Å². The molecule has 0 amide bonds. The van der Waals surface area contributed by atoms with Gasteiger partial charge in [0.2, 0.25) is 0 Å². The van der Waals surface area contributed by atoms with Gasteiger partial charge >= 0.3 is 0 Å². The van der Waals surface area contributed by atoms with Crippen LogP contribution in [0.3, 0.4) is 0 Å². The minimum Gasteiger partial charge on any atom is -0.329 e. The number of hydrogen-bond donors (Lipinski definition) is 2. The third-order valence-electron chi connectivity index (χ3n) is 3.25. The summed E-state index contributed by atoms with van der Waals surface area (Å²) in [7, 11) is 0. The Labute approximate surface area is 90.8 Å². The Morgan fingerprint density at radius 2 is 2.07 bits per heavy atom. The van der Waals surface area contributed by atoms with Gasteiger partial charge in [-0.2, -0.15) is 11.8 Å². The van der Waals surface area contributed by atoms with Crippen molar-refractivity contribution >= 4 is 11.8 Å². The highest BCUT2D eigenvalue weighted by Crippen LogP contribution is 2.27. The third-order valence-corrected chi connectivity index (χ3v) is 4.49. The second kappa shape index (κ2) is 4.84. The summed E-state index contributed by atoms with van der Waals surface area (Å²) in [6.45, 7) is 3.18. The zero-order chi connectivity index (χ0) is 9.86. The average Bonchev–Trinajstić information content (AvgIpc) is 2.69. The number of hydrazine groups is 1. The van der Waals surface area contributed by atoms with E-state index in [2.05, 4.69) is 10.4 Å². The average molecular weight is 215 g/mol. The number of nitrogens with one attached hydrogen (secondary N) is 1. The lowest BCUT2D eigenvalue weighted by Crippen LogP contribution is -2.59. The van der Waals surface area contributed by atoms with Crippen molar-refractivity contribution in [1.29, 1.82) is 0 Å². The van der Waals surface area contributed by atoms with Crippen LogP contribution in [0, 0.1) is 0 Å². The molecule has 3 N–H and O–H groups in total. The highest BCUT2D eigenvalue weighted by Gasteiger charge is 2.34. The van der Waals surface area contributed by atoms with Gasteiger partial charge in [-0.1, -0.05) is 6.42 Å². The number of thioether (sulfide) groups is 1. The number of nitrogens with zero attached hydrogens (tertiary/aromatic N) is 1. The Kier molecular flexibility index (Phi) is 3.71. The molecule has 3 nitrogen and oxygen atoms in total. The molecule has 0 bridgehead atoms. The number of hydrogen-bond acceptors (Lipinski definition) is 4. The molecule has 1 unspecified atom stereocenters. The largest absolute Gasteiger partial charge is 0.329 e. The summed E-state index contributed by atoms with van der Waals surface area (Å²) in [5.74, 6) is 2.44. The maximum atomic E-state index is 5.88. The van der Waals surface area contributed by atoms with Gasteiger partial charge in [-0.15, -0.1) is 0 Å².